The number of rotatable bonds is 5. The first kappa shape index (κ1) is 15.4. The van der Waals surface area contributed by atoms with Gasteiger partial charge in [0.15, 0.2) is 0 Å². The molecule has 3 rings (SSSR count). The second-order valence-corrected chi connectivity index (χ2v) is 6.53. The van der Waals surface area contributed by atoms with E-state index in [1.54, 1.807) is 0 Å². The summed E-state index contributed by atoms with van der Waals surface area (Å²) in [5, 5.41) is 4.22. The molecule has 0 amide bonds. The Balaban J connectivity index is 1.50. The zero-order chi connectivity index (χ0) is 15.4. The van der Waals surface area contributed by atoms with Crippen LogP contribution in [0.4, 0.5) is 5.82 Å². The summed E-state index contributed by atoms with van der Waals surface area (Å²) in [5.74, 6) is 1.72. The van der Waals surface area contributed by atoms with Crippen LogP contribution in [0.2, 0.25) is 5.15 Å². The van der Waals surface area contributed by atoms with Crippen molar-refractivity contribution >= 4 is 17.4 Å². The molecule has 0 radical (unpaired) electrons. The second-order valence-electron chi connectivity index (χ2n) is 6.14. The Labute approximate surface area is 137 Å². The molecular formula is C17H23ClN4. The number of nitrogens with one attached hydrogen (secondary N) is 1. The van der Waals surface area contributed by atoms with Gasteiger partial charge in [0.05, 0.1) is 0 Å². The molecule has 0 unspecified atom stereocenters. The number of likely N-dealkylation sites (tertiary alicyclic amines) is 1. The number of nitrogens with zero attached hydrogens (tertiary/aromatic N) is 3. The zero-order valence-electron chi connectivity index (χ0n) is 13.0. The van der Waals surface area contributed by atoms with Gasteiger partial charge in [-0.15, -0.1) is 0 Å². The minimum Gasteiger partial charge on any atom is -0.370 e. The van der Waals surface area contributed by atoms with Gasteiger partial charge in [0.25, 0.3) is 0 Å². The number of pyridine rings is 1. The average molecular weight is 319 g/mol. The minimum atomic E-state index is 0.754. The van der Waals surface area contributed by atoms with Gasteiger partial charge in [-0.3, -0.25) is 0 Å². The molecule has 1 aliphatic heterocycles. The normalized spacial score (nSPS) is 16.8. The van der Waals surface area contributed by atoms with Crippen LogP contribution in [-0.2, 0) is 6.54 Å². The quantitative estimate of drug-likeness (QED) is 0.918. The van der Waals surface area contributed by atoms with E-state index in [0.29, 0.717) is 0 Å². The van der Waals surface area contributed by atoms with Crippen LogP contribution >= 0.6 is 11.6 Å². The molecule has 0 spiro atoms. The van der Waals surface area contributed by atoms with E-state index in [4.69, 9.17) is 11.6 Å². The maximum atomic E-state index is 6.09. The van der Waals surface area contributed by atoms with Crippen LogP contribution in [0.25, 0.3) is 0 Å². The lowest BCUT2D eigenvalue weighted by molar-refractivity contribution is 0.226. The summed E-state index contributed by atoms with van der Waals surface area (Å²) in [5.41, 5.74) is 1.16. The topological polar surface area (TPSA) is 33.1 Å². The molecule has 3 heterocycles. The second kappa shape index (κ2) is 7.16. The van der Waals surface area contributed by atoms with Crippen LogP contribution in [0.15, 0.2) is 36.7 Å². The highest BCUT2D eigenvalue weighted by Gasteiger charge is 2.16. The van der Waals surface area contributed by atoms with Gasteiger partial charge in [-0.05, 0) is 62.7 Å². The number of anilines is 1. The molecule has 0 saturated carbocycles. The van der Waals surface area contributed by atoms with Crippen molar-refractivity contribution in [3.8, 4) is 0 Å². The van der Waals surface area contributed by atoms with Gasteiger partial charge < -0.3 is 14.8 Å². The Morgan fingerprint density at radius 2 is 2.09 bits per heavy atom. The van der Waals surface area contributed by atoms with E-state index in [2.05, 4.69) is 34.4 Å². The Hall–Kier alpha value is -1.52. The largest absolute Gasteiger partial charge is 0.370 e. The molecule has 0 bridgehead atoms. The maximum absolute atomic E-state index is 6.09. The lowest BCUT2D eigenvalue weighted by atomic mass is 9.97. The van der Waals surface area contributed by atoms with Gasteiger partial charge in [0, 0.05) is 25.5 Å². The highest BCUT2D eigenvalue weighted by atomic mass is 35.5. The Morgan fingerprint density at radius 1 is 1.27 bits per heavy atom. The van der Waals surface area contributed by atoms with E-state index in [9.17, 15) is 0 Å². The highest BCUT2D eigenvalue weighted by molar-refractivity contribution is 6.29. The molecule has 1 aliphatic rings. The predicted molar refractivity (Wildman–Crippen MR) is 91.5 cm³/mol. The van der Waals surface area contributed by atoms with Crippen molar-refractivity contribution in [3.63, 3.8) is 0 Å². The fourth-order valence-corrected chi connectivity index (χ4v) is 3.04. The molecule has 0 aromatic carbocycles. The summed E-state index contributed by atoms with van der Waals surface area (Å²) >= 11 is 6.09. The zero-order valence-corrected chi connectivity index (χ0v) is 13.8. The van der Waals surface area contributed by atoms with Crippen LogP contribution in [-0.4, -0.2) is 41.1 Å². The summed E-state index contributed by atoms with van der Waals surface area (Å²) < 4.78 is 2.00. The lowest BCUT2D eigenvalue weighted by Gasteiger charge is -2.29. The maximum Gasteiger partial charge on any atom is 0.125 e. The summed E-state index contributed by atoms with van der Waals surface area (Å²) in [6.45, 7) is 4.18. The van der Waals surface area contributed by atoms with Crippen molar-refractivity contribution in [1.82, 2.24) is 14.5 Å². The molecule has 2 aromatic heterocycles. The summed E-state index contributed by atoms with van der Waals surface area (Å²) in [4.78, 5) is 6.91. The lowest BCUT2D eigenvalue weighted by Crippen LogP contribution is -2.33. The van der Waals surface area contributed by atoms with Crippen LogP contribution in [0.5, 0.6) is 0 Å². The number of hydrogen-bond donors (Lipinski definition) is 1. The summed E-state index contributed by atoms with van der Waals surface area (Å²) in [6.07, 6.45) is 6.45. The van der Waals surface area contributed by atoms with Crippen LogP contribution in [0.1, 0.15) is 18.4 Å². The van der Waals surface area contributed by atoms with Crippen LogP contribution in [0, 0.1) is 5.92 Å². The van der Waals surface area contributed by atoms with Crippen molar-refractivity contribution in [3.05, 3.63) is 47.4 Å². The van der Waals surface area contributed by atoms with Gasteiger partial charge in [0.2, 0.25) is 0 Å². The van der Waals surface area contributed by atoms with Gasteiger partial charge in [0.1, 0.15) is 11.0 Å². The minimum absolute atomic E-state index is 0.754. The smallest absolute Gasteiger partial charge is 0.125 e. The third-order valence-electron chi connectivity index (χ3n) is 4.36. The molecule has 4 nitrogen and oxygen atoms in total. The standard InChI is InChI=1S/C17H23ClN4/c1-21-9-6-14(7-10-21)11-19-17-5-4-15(12-20-17)13-22-8-2-3-16(22)18/h2-5,8,12,14H,6-7,9-11,13H2,1H3,(H,19,20). The van der Waals surface area contributed by atoms with E-state index >= 15 is 0 Å². The van der Waals surface area contributed by atoms with E-state index in [0.717, 1.165) is 35.5 Å². The predicted octanol–water partition coefficient (Wildman–Crippen LogP) is 3.34. The van der Waals surface area contributed by atoms with E-state index in [-0.39, 0.29) is 0 Å². The molecule has 2 aromatic rings. The van der Waals surface area contributed by atoms with E-state index < -0.39 is 0 Å². The van der Waals surface area contributed by atoms with Gasteiger partial charge in [-0.25, -0.2) is 4.98 Å². The van der Waals surface area contributed by atoms with Gasteiger partial charge >= 0.3 is 0 Å². The Kier molecular flexibility index (Phi) is 5.01. The van der Waals surface area contributed by atoms with Crippen molar-refractivity contribution in [2.75, 3.05) is 32.0 Å². The van der Waals surface area contributed by atoms with Crippen molar-refractivity contribution in [2.24, 2.45) is 5.92 Å². The van der Waals surface area contributed by atoms with Crippen molar-refractivity contribution in [2.45, 2.75) is 19.4 Å². The average Bonchev–Trinajstić information content (AvgIpc) is 2.93. The van der Waals surface area contributed by atoms with Crippen molar-refractivity contribution < 1.29 is 0 Å². The SMILES string of the molecule is CN1CCC(CNc2ccc(Cn3cccc3Cl)cn2)CC1. The molecule has 5 heteroatoms. The van der Waals surface area contributed by atoms with Crippen molar-refractivity contribution in [1.29, 1.82) is 0 Å². The van der Waals surface area contributed by atoms with E-state index in [1.807, 2.05) is 29.1 Å². The molecular weight excluding hydrogens is 296 g/mol. The number of halogens is 1. The Morgan fingerprint density at radius 3 is 2.73 bits per heavy atom. The molecule has 1 saturated heterocycles. The first-order chi connectivity index (χ1) is 10.7. The Bertz CT molecular complexity index is 585. The molecule has 1 fully saturated rings. The molecule has 1 N–H and O–H groups in total. The first-order valence-corrected chi connectivity index (χ1v) is 8.26. The summed E-state index contributed by atoms with van der Waals surface area (Å²) in [7, 11) is 2.20. The monoisotopic (exact) mass is 318 g/mol. The first-order valence-electron chi connectivity index (χ1n) is 7.89. The third-order valence-corrected chi connectivity index (χ3v) is 4.70. The molecule has 0 atom stereocenters. The molecule has 0 aliphatic carbocycles. The molecule has 118 valence electrons. The highest BCUT2D eigenvalue weighted by Crippen LogP contribution is 2.17. The molecule has 22 heavy (non-hydrogen) atoms. The number of piperidine rings is 1. The van der Waals surface area contributed by atoms with Crippen LogP contribution < -0.4 is 5.32 Å². The fraction of sp³-hybridized carbons (Fsp3) is 0.471. The number of aromatic nitrogens is 2. The van der Waals surface area contributed by atoms with Gasteiger partial charge in [-0.2, -0.15) is 0 Å². The van der Waals surface area contributed by atoms with E-state index in [1.165, 1.54) is 25.9 Å². The summed E-state index contributed by atoms with van der Waals surface area (Å²) in [6, 6.07) is 8.02. The fourth-order valence-electron chi connectivity index (χ4n) is 2.86. The van der Waals surface area contributed by atoms with Gasteiger partial charge in [-0.1, -0.05) is 17.7 Å². The third kappa shape index (κ3) is 4.02. The van der Waals surface area contributed by atoms with Crippen LogP contribution in [0.3, 0.4) is 0 Å². The number of hydrogen-bond acceptors (Lipinski definition) is 3.